The average molecular weight is 254 g/mol. The van der Waals surface area contributed by atoms with Gasteiger partial charge in [-0.05, 0) is 48.9 Å². The van der Waals surface area contributed by atoms with Crippen molar-refractivity contribution < 1.29 is 4.74 Å². The molecule has 0 aromatic heterocycles. The number of ether oxygens (including phenoxy) is 1. The monoisotopic (exact) mass is 253 g/mol. The number of halogens is 1. The molecule has 0 saturated carbocycles. The molecule has 1 aliphatic heterocycles. The van der Waals surface area contributed by atoms with Gasteiger partial charge in [-0.1, -0.05) is 24.6 Å². The fourth-order valence-electron chi connectivity index (χ4n) is 2.54. The van der Waals surface area contributed by atoms with Gasteiger partial charge in [0, 0.05) is 6.54 Å². The smallest absolute Gasteiger partial charge is 0.140 e. The van der Waals surface area contributed by atoms with Gasteiger partial charge in [-0.15, -0.1) is 0 Å². The molecular weight excluding hydrogens is 234 g/mol. The third-order valence-corrected chi connectivity index (χ3v) is 3.78. The maximum Gasteiger partial charge on any atom is 0.140 e. The molecule has 1 heterocycles. The van der Waals surface area contributed by atoms with Crippen LogP contribution < -0.4 is 10.1 Å². The van der Waals surface area contributed by atoms with E-state index in [2.05, 4.69) is 24.4 Å². The maximum atomic E-state index is 6.29. The van der Waals surface area contributed by atoms with E-state index in [1.807, 2.05) is 0 Å². The maximum absolute atomic E-state index is 6.29. The first-order valence-corrected chi connectivity index (χ1v) is 6.71. The lowest BCUT2D eigenvalue weighted by atomic mass is 9.90. The summed E-state index contributed by atoms with van der Waals surface area (Å²) in [4.78, 5) is 0. The van der Waals surface area contributed by atoms with Gasteiger partial charge in [0.1, 0.15) is 5.75 Å². The molecule has 0 amide bonds. The third-order valence-electron chi connectivity index (χ3n) is 3.50. The molecule has 1 aromatic carbocycles. The van der Waals surface area contributed by atoms with Crippen LogP contribution in [0.15, 0.2) is 12.1 Å². The van der Waals surface area contributed by atoms with Gasteiger partial charge in [0.05, 0.1) is 12.1 Å². The van der Waals surface area contributed by atoms with E-state index in [4.69, 9.17) is 16.3 Å². The Morgan fingerprint density at radius 1 is 1.47 bits per heavy atom. The van der Waals surface area contributed by atoms with Crippen molar-refractivity contribution >= 4 is 11.6 Å². The zero-order valence-corrected chi connectivity index (χ0v) is 11.3. The third kappa shape index (κ3) is 2.75. The molecule has 2 rings (SSSR count). The summed E-state index contributed by atoms with van der Waals surface area (Å²) in [7, 11) is 1.68. The lowest BCUT2D eigenvalue weighted by molar-refractivity contribution is 0.409. The van der Waals surface area contributed by atoms with E-state index in [9.17, 15) is 0 Å². The number of aryl methyl sites for hydroxylation is 1. The van der Waals surface area contributed by atoms with Gasteiger partial charge in [0.15, 0.2) is 0 Å². The zero-order chi connectivity index (χ0) is 12.3. The van der Waals surface area contributed by atoms with E-state index in [1.54, 1.807) is 7.11 Å². The molecule has 3 heteroatoms. The molecule has 1 fully saturated rings. The molecule has 17 heavy (non-hydrogen) atoms. The summed E-state index contributed by atoms with van der Waals surface area (Å²) in [5, 5.41) is 4.19. The average Bonchev–Trinajstić information content (AvgIpc) is 2.38. The molecule has 1 unspecified atom stereocenters. The van der Waals surface area contributed by atoms with E-state index >= 15 is 0 Å². The van der Waals surface area contributed by atoms with Gasteiger partial charge >= 0.3 is 0 Å². The highest BCUT2D eigenvalue weighted by molar-refractivity contribution is 6.32. The van der Waals surface area contributed by atoms with Crippen LogP contribution in [0.25, 0.3) is 0 Å². The topological polar surface area (TPSA) is 21.3 Å². The minimum Gasteiger partial charge on any atom is -0.495 e. The Balaban J connectivity index is 2.31. The summed E-state index contributed by atoms with van der Waals surface area (Å²) in [6.45, 7) is 4.34. The van der Waals surface area contributed by atoms with Crippen LogP contribution in [0.4, 0.5) is 0 Å². The van der Waals surface area contributed by atoms with Crippen molar-refractivity contribution in [1.82, 2.24) is 5.32 Å². The first-order valence-electron chi connectivity index (χ1n) is 6.33. The molecule has 1 N–H and O–H groups in total. The molecule has 0 spiro atoms. The van der Waals surface area contributed by atoms with Crippen molar-refractivity contribution in [2.24, 2.45) is 0 Å². The highest BCUT2D eigenvalue weighted by Gasteiger charge is 2.18. The summed E-state index contributed by atoms with van der Waals surface area (Å²) in [5.74, 6) is 1.43. The normalized spacial score (nSPS) is 20.3. The molecule has 1 atom stereocenters. The van der Waals surface area contributed by atoms with Crippen molar-refractivity contribution in [1.29, 1.82) is 0 Å². The first kappa shape index (κ1) is 12.7. The number of piperidine rings is 1. The molecular formula is C14H20ClNO. The van der Waals surface area contributed by atoms with Crippen LogP contribution >= 0.6 is 11.6 Å². The fraction of sp³-hybridized carbons (Fsp3) is 0.571. The molecule has 94 valence electrons. The second-order valence-electron chi connectivity index (χ2n) is 4.59. The molecule has 0 radical (unpaired) electrons. The molecule has 1 aliphatic rings. The molecule has 2 nitrogen and oxygen atoms in total. The number of nitrogens with one attached hydrogen (secondary N) is 1. The minimum atomic E-state index is 0.595. The summed E-state index contributed by atoms with van der Waals surface area (Å²) >= 11 is 6.29. The fourth-order valence-corrected chi connectivity index (χ4v) is 2.86. The predicted octanol–water partition coefficient (Wildman–Crippen LogP) is 3.38. The Bertz CT molecular complexity index is 386. The van der Waals surface area contributed by atoms with Crippen LogP contribution in [0.2, 0.25) is 5.02 Å². The minimum absolute atomic E-state index is 0.595. The summed E-state index contributed by atoms with van der Waals surface area (Å²) in [5.41, 5.74) is 2.56. The molecule has 0 aliphatic carbocycles. The SMILES string of the molecule is CCc1cc(C2CCCNC2)cc(Cl)c1OC. The summed E-state index contributed by atoms with van der Waals surface area (Å²) in [6.07, 6.45) is 3.45. The van der Waals surface area contributed by atoms with Gasteiger partial charge in [-0.25, -0.2) is 0 Å². The molecule has 1 saturated heterocycles. The lowest BCUT2D eigenvalue weighted by Gasteiger charge is -2.24. The van der Waals surface area contributed by atoms with Crippen molar-refractivity contribution in [2.75, 3.05) is 20.2 Å². The Morgan fingerprint density at radius 2 is 2.29 bits per heavy atom. The number of rotatable bonds is 3. The van der Waals surface area contributed by atoms with E-state index in [0.717, 1.165) is 30.3 Å². The van der Waals surface area contributed by atoms with Gasteiger partial charge in [0.2, 0.25) is 0 Å². The second-order valence-corrected chi connectivity index (χ2v) is 5.00. The van der Waals surface area contributed by atoms with Crippen LogP contribution in [0.3, 0.4) is 0 Å². The van der Waals surface area contributed by atoms with E-state index in [0.29, 0.717) is 5.92 Å². The number of methoxy groups -OCH3 is 1. The van der Waals surface area contributed by atoms with Crippen LogP contribution in [0, 0.1) is 0 Å². The largest absolute Gasteiger partial charge is 0.495 e. The Hall–Kier alpha value is -0.730. The Morgan fingerprint density at radius 3 is 2.88 bits per heavy atom. The van der Waals surface area contributed by atoms with E-state index < -0.39 is 0 Å². The van der Waals surface area contributed by atoms with Gasteiger partial charge in [0.25, 0.3) is 0 Å². The van der Waals surface area contributed by atoms with Crippen molar-refractivity contribution in [3.8, 4) is 5.75 Å². The van der Waals surface area contributed by atoms with E-state index in [1.165, 1.54) is 24.0 Å². The standard InChI is InChI=1S/C14H20ClNO/c1-3-10-7-12(8-13(15)14(10)17-2)11-5-4-6-16-9-11/h7-8,11,16H,3-6,9H2,1-2H3. The second kappa shape index (κ2) is 5.74. The van der Waals surface area contributed by atoms with Crippen molar-refractivity contribution in [2.45, 2.75) is 32.1 Å². The van der Waals surface area contributed by atoms with Crippen LogP contribution in [0.5, 0.6) is 5.75 Å². The lowest BCUT2D eigenvalue weighted by Crippen LogP contribution is -2.28. The number of hydrogen-bond acceptors (Lipinski definition) is 2. The quantitative estimate of drug-likeness (QED) is 0.892. The van der Waals surface area contributed by atoms with Gasteiger partial charge in [-0.3, -0.25) is 0 Å². The van der Waals surface area contributed by atoms with Crippen molar-refractivity contribution in [3.63, 3.8) is 0 Å². The predicted molar refractivity (Wildman–Crippen MR) is 72.2 cm³/mol. The van der Waals surface area contributed by atoms with Gasteiger partial charge in [-0.2, -0.15) is 0 Å². The molecule has 1 aromatic rings. The van der Waals surface area contributed by atoms with Crippen LogP contribution in [-0.2, 0) is 6.42 Å². The number of benzene rings is 1. The molecule has 0 bridgehead atoms. The Labute approximate surface area is 108 Å². The first-order chi connectivity index (χ1) is 8.26. The number of hydrogen-bond donors (Lipinski definition) is 1. The zero-order valence-electron chi connectivity index (χ0n) is 10.6. The highest BCUT2D eigenvalue weighted by atomic mass is 35.5. The summed E-state index contributed by atoms with van der Waals surface area (Å²) < 4.78 is 5.36. The van der Waals surface area contributed by atoms with Crippen molar-refractivity contribution in [3.05, 3.63) is 28.3 Å². The van der Waals surface area contributed by atoms with Gasteiger partial charge < -0.3 is 10.1 Å². The van der Waals surface area contributed by atoms with E-state index in [-0.39, 0.29) is 0 Å². The summed E-state index contributed by atoms with van der Waals surface area (Å²) in [6, 6.07) is 4.32. The van der Waals surface area contributed by atoms with Crippen LogP contribution in [0.1, 0.15) is 36.8 Å². The highest BCUT2D eigenvalue weighted by Crippen LogP contribution is 2.34. The Kier molecular flexibility index (Phi) is 4.30. The van der Waals surface area contributed by atoms with Crippen LogP contribution in [-0.4, -0.2) is 20.2 Å².